The van der Waals surface area contributed by atoms with Gasteiger partial charge in [0, 0.05) is 11.1 Å². The summed E-state index contributed by atoms with van der Waals surface area (Å²) >= 11 is 6.05. The van der Waals surface area contributed by atoms with Crippen LogP contribution in [0.15, 0.2) is 84.9 Å². The Hall–Kier alpha value is -5.62. The summed E-state index contributed by atoms with van der Waals surface area (Å²) in [6.07, 6.45) is 0. The highest BCUT2D eigenvalue weighted by Gasteiger charge is 2.15. The number of hydrogen-bond acceptors (Lipinski definition) is 11. The quantitative estimate of drug-likeness (QED) is 0.203. The third-order valence-corrected chi connectivity index (χ3v) is 6.06. The molecule has 0 aliphatic rings. The lowest BCUT2D eigenvalue weighted by molar-refractivity contribution is 0.360. The van der Waals surface area contributed by atoms with Crippen LogP contribution in [-0.4, -0.2) is 49.3 Å². The summed E-state index contributed by atoms with van der Waals surface area (Å²) in [5.41, 5.74) is 1.54. The average molecular weight is 585 g/mol. The van der Waals surface area contributed by atoms with Gasteiger partial charge < -0.3 is 28.8 Å². The summed E-state index contributed by atoms with van der Waals surface area (Å²) in [5.74, 6) is 2.31. The molecule has 0 bridgehead atoms. The smallest absolute Gasteiger partial charge is 0.331 e. The number of halogens is 1. The molecule has 210 valence electrons. The van der Waals surface area contributed by atoms with Gasteiger partial charge >= 0.3 is 18.0 Å². The third kappa shape index (κ3) is 5.93. The predicted octanol–water partition coefficient (Wildman–Crippen LogP) is 6.36. The maximum Gasteiger partial charge on any atom is 0.331 e. The Bertz CT molecular complexity index is 1800. The first-order valence-corrected chi connectivity index (χ1v) is 12.8. The van der Waals surface area contributed by atoms with Gasteiger partial charge in [-0.25, -0.2) is 0 Å². The third-order valence-electron chi connectivity index (χ3n) is 5.82. The SMILES string of the molecule is COc1ccc(Oc2nc(Oc3ccc(OC)cc3)nc(Oc3ccc(-n4nc5ccc(Cl)cc5n4)c(O)c3)n2)cc1. The van der Waals surface area contributed by atoms with Gasteiger partial charge in [0.05, 0.1) is 14.2 Å². The van der Waals surface area contributed by atoms with E-state index < -0.39 is 0 Å². The molecule has 0 saturated carbocycles. The van der Waals surface area contributed by atoms with Crippen LogP contribution in [0.1, 0.15) is 0 Å². The van der Waals surface area contributed by atoms with Gasteiger partial charge in [-0.2, -0.15) is 0 Å². The molecule has 12 nitrogen and oxygen atoms in total. The predicted molar refractivity (Wildman–Crippen MR) is 152 cm³/mol. The molecule has 0 radical (unpaired) electrons. The van der Waals surface area contributed by atoms with Crippen molar-refractivity contribution in [1.29, 1.82) is 0 Å². The minimum atomic E-state index is -0.141. The van der Waals surface area contributed by atoms with E-state index >= 15 is 0 Å². The van der Waals surface area contributed by atoms with E-state index in [9.17, 15) is 5.11 Å². The zero-order valence-corrected chi connectivity index (χ0v) is 22.9. The standard InChI is InChI=1S/C29H21ClN6O6/c1-38-18-4-8-20(9-5-18)40-27-31-28(41-21-10-6-19(39-2)7-11-21)33-29(32-27)42-22-12-14-25(26(37)16-22)36-34-23-13-3-17(30)15-24(23)35-36/h3-16,37H,1-2H3. The summed E-state index contributed by atoms with van der Waals surface area (Å²) in [4.78, 5) is 14.1. The topological polar surface area (TPSA) is 136 Å². The molecule has 13 heteroatoms. The fraction of sp³-hybridized carbons (Fsp3) is 0.0690. The molecule has 0 aliphatic heterocycles. The number of phenolic OH excluding ortho intramolecular Hbond substituents is 1. The number of hydrogen-bond donors (Lipinski definition) is 1. The Labute approximate surface area is 243 Å². The Balaban J connectivity index is 1.28. The summed E-state index contributed by atoms with van der Waals surface area (Å²) in [6, 6.07) is 23.2. The number of rotatable bonds is 9. The summed E-state index contributed by atoms with van der Waals surface area (Å²) in [7, 11) is 3.14. The van der Waals surface area contributed by atoms with Crippen LogP contribution in [0.3, 0.4) is 0 Å². The number of benzene rings is 4. The van der Waals surface area contributed by atoms with Crippen LogP contribution in [0.2, 0.25) is 5.02 Å². The number of nitrogens with zero attached hydrogens (tertiary/aromatic N) is 6. The molecular weight excluding hydrogens is 564 g/mol. The van der Waals surface area contributed by atoms with Crippen molar-refractivity contribution in [3.8, 4) is 58.2 Å². The molecule has 2 aromatic heterocycles. The van der Waals surface area contributed by atoms with Crippen molar-refractivity contribution in [2.24, 2.45) is 0 Å². The van der Waals surface area contributed by atoms with Gasteiger partial charge in [0.25, 0.3) is 0 Å². The normalized spacial score (nSPS) is 10.8. The second-order valence-electron chi connectivity index (χ2n) is 8.61. The lowest BCUT2D eigenvalue weighted by atomic mass is 10.3. The Morgan fingerprint density at radius 2 is 1.05 bits per heavy atom. The number of ether oxygens (including phenoxy) is 5. The van der Waals surface area contributed by atoms with Crippen molar-refractivity contribution in [1.82, 2.24) is 29.9 Å². The Kier molecular flexibility index (Phi) is 7.26. The van der Waals surface area contributed by atoms with E-state index in [0.717, 1.165) is 0 Å². The first-order chi connectivity index (χ1) is 20.4. The van der Waals surface area contributed by atoms with Crippen molar-refractivity contribution >= 4 is 22.6 Å². The van der Waals surface area contributed by atoms with E-state index in [1.54, 1.807) is 93.1 Å². The second-order valence-corrected chi connectivity index (χ2v) is 9.05. The molecule has 0 amide bonds. The van der Waals surface area contributed by atoms with Crippen molar-refractivity contribution in [3.05, 3.63) is 90.0 Å². The number of methoxy groups -OCH3 is 2. The number of aromatic nitrogens is 6. The summed E-state index contributed by atoms with van der Waals surface area (Å²) in [6.45, 7) is 0. The first kappa shape index (κ1) is 26.6. The van der Waals surface area contributed by atoms with E-state index in [0.29, 0.717) is 44.7 Å². The molecule has 0 aliphatic carbocycles. The second kappa shape index (κ2) is 11.5. The fourth-order valence-electron chi connectivity index (χ4n) is 3.79. The molecule has 0 saturated heterocycles. The van der Waals surface area contributed by atoms with Gasteiger partial charge in [-0.1, -0.05) is 11.6 Å². The number of aromatic hydroxyl groups is 1. The van der Waals surface area contributed by atoms with Gasteiger partial charge in [0.1, 0.15) is 51.2 Å². The van der Waals surface area contributed by atoms with Crippen molar-refractivity contribution in [2.75, 3.05) is 14.2 Å². The molecule has 42 heavy (non-hydrogen) atoms. The average Bonchev–Trinajstić information content (AvgIpc) is 3.41. The van der Waals surface area contributed by atoms with Crippen molar-refractivity contribution < 1.29 is 28.8 Å². The van der Waals surface area contributed by atoms with Crippen LogP contribution in [0, 0.1) is 0 Å². The van der Waals surface area contributed by atoms with Gasteiger partial charge in [-0.05, 0) is 78.9 Å². The summed E-state index contributed by atoms with van der Waals surface area (Å²) in [5, 5.41) is 20.1. The number of fused-ring (bicyclic) bond motifs is 1. The van der Waals surface area contributed by atoms with E-state index in [-0.39, 0.29) is 29.5 Å². The molecule has 6 rings (SSSR count). The molecule has 4 aromatic carbocycles. The highest BCUT2D eigenvalue weighted by atomic mass is 35.5. The Morgan fingerprint density at radius 3 is 1.57 bits per heavy atom. The molecular formula is C29H21ClN6O6. The van der Waals surface area contributed by atoms with E-state index in [1.807, 2.05) is 0 Å². The Morgan fingerprint density at radius 1 is 0.571 bits per heavy atom. The van der Waals surface area contributed by atoms with Crippen LogP contribution in [0.25, 0.3) is 16.7 Å². The fourth-order valence-corrected chi connectivity index (χ4v) is 3.96. The molecule has 6 aromatic rings. The van der Waals surface area contributed by atoms with Crippen LogP contribution < -0.4 is 23.7 Å². The van der Waals surface area contributed by atoms with Gasteiger partial charge in [0.2, 0.25) is 0 Å². The van der Waals surface area contributed by atoms with Gasteiger partial charge in [-0.3, -0.25) is 0 Å². The molecule has 0 spiro atoms. The molecule has 2 heterocycles. The molecule has 0 fully saturated rings. The van der Waals surface area contributed by atoms with Crippen LogP contribution in [0.5, 0.6) is 52.5 Å². The first-order valence-electron chi connectivity index (χ1n) is 12.4. The molecule has 1 N–H and O–H groups in total. The van der Waals surface area contributed by atoms with Gasteiger partial charge in [0.15, 0.2) is 0 Å². The van der Waals surface area contributed by atoms with Crippen molar-refractivity contribution in [3.63, 3.8) is 0 Å². The number of phenols is 1. The monoisotopic (exact) mass is 584 g/mol. The maximum absolute atomic E-state index is 10.8. The lowest BCUT2D eigenvalue weighted by Crippen LogP contribution is -2.02. The van der Waals surface area contributed by atoms with E-state index in [2.05, 4.69) is 25.1 Å². The lowest BCUT2D eigenvalue weighted by Gasteiger charge is -2.11. The zero-order chi connectivity index (χ0) is 29.1. The summed E-state index contributed by atoms with van der Waals surface area (Å²) < 4.78 is 27.9. The van der Waals surface area contributed by atoms with Crippen LogP contribution >= 0.6 is 11.6 Å². The van der Waals surface area contributed by atoms with Crippen molar-refractivity contribution in [2.45, 2.75) is 0 Å². The minimum Gasteiger partial charge on any atom is -0.505 e. The minimum absolute atomic E-state index is 0.0828. The van der Waals surface area contributed by atoms with E-state index in [1.165, 1.54) is 10.9 Å². The maximum atomic E-state index is 10.8. The highest BCUT2D eigenvalue weighted by molar-refractivity contribution is 6.31. The molecule has 0 unspecified atom stereocenters. The molecule has 0 atom stereocenters. The van der Waals surface area contributed by atoms with Crippen LogP contribution in [-0.2, 0) is 0 Å². The largest absolute Gasteiger partial charge is 0.505 e. The van der Waals surface area contributed by atoms with E-state index in [4.69, 9.17) is 35.3 Å². The van der Waals surface area contributed by atoms with Crippen LogP contribution in [0.4, 0.5) is 0 Å². The zero-order valence-electron chi connectivity index (χ0n) is 22.1. The van der Waals surface area contributed by atoms with Gasteiger partial charge in [-0.15, -0.1) is 29.9 Å². The highest BCUT2D eigenvalue weighted by Crippen LogP contribution is 2.32.